The van der Waals surface area contributed by atoms with Gasteiger partial charge in [0.1, 0.15) is 17.0 Å². The zero-order chi connectivity index (χ0) is 25.2. The molecule has 1 aromatic carbocycles. The van der Waals surface area contributed by atoms with Gasteiger partial charge in [0.15, 0.2) is 0 Å². The number of aromatic nitrogens is 5. The lowest BCUT2D eigenvalue weighted by Gasteiger charge is -2.11. The predicted octanol–water partition coefficient (Wildman–Crippen LogP) is 6.38. The van der Waals surface area contributed by atoms with Crippen LogP contribution in [0.3, 0.4) is 0 Å². The van der Waals surface area contributed by atoms with Gasteiger partial charge in [0.25, 0.3) is 0 Å². The fourth-order valence-electron chi connectivity index (χ4n) is 4.34. The maximum atomic E-state index is 14.5. The van der Waals surface area contributed by atoms with Gasteiger partial charge in [0, 0.05) is 29.2 Å². The Labute approximate surface area is 208 Å². The number of H-pyrrole nitrogens is 2. The Morgan fingerprint density at radius 1 is 1.08 bits per heavy atom. The summed E-state index contributed by atoms with van der Waals surface area (Å²) < 4.78 is 14.5. The number of hydrogen-bond donors (Lipinski definition) is 2. The molecule has 180 valence electrons. The number of allylic oxidation sites excluding steroid dienone is 3. The van der Waals surface area contributed by atoms with Crippen molar-refractivity contribution >= 4 is 27.5 Å². The summed E-state index contributed by atoms with van der Waals surface area (Å²) in [5.41, 5.74) is 7.90. The van der Waals surface area contributed by atoms with Gasteiger partial charge < -0.3 is 9.88 Å². The average Bonchev–Trinajstić information content (AvgIpc) is 3.50. The summed E-state index contributed by atoms with van der Waals surface area (Å²) in [6.45, 7) is 6.74. The molecule has 0 aliphatic rings. The maximum absolute atomic E-state index is 14.5. The van der Waals surface area contributed by atoms with Crippen molar-refractivity contribution in [3.8, 4) is 22.6 Å². The molecule has 4 heterocycles. The molecule has 36 heavy (non-hydrogen) atoms. The molecule has 0 saturated heterocycles. The molecule has 0 unspecified atom stereocenters. The molecule has 0 amide bonds. The Balaban J connectivity index is 1.60. The van der Waals surface area contributed by atoms with Crippen LogP contribution >= 0.6 is 0 Å². The molecule has 7 heteroatoms. The molecular formula is C29H27FN6. The van der Waals surface area contributed by atoms with E-state index in [1.807, 2.05) is 63.5 Å². The van der Waals surface area contributed by atoms with Crippen LogP contribution in [0.4, 0.5) is 4.39 Å². The third-order valence-electron chi connectivity index (χ3n) is 6.05. The van der Waals surface area contributed by atoms with Crippen molar-refractivity contribution in [2.75, 3.05) is 20.6 Å². The van der Waals surface area contributed by atoms with Gasteiger partial charge in [-0.1, -0.05) is 30.9 Å². The van der Waals surface area contributed by atoms with Crippen LogP contribution in [0.1, 0.15) is 12.6 Å². The monoisotopic (exact) mass is 478 g/mol. The van der Waals surface area contributed by atoms with Crippen LogP contribution in [0.5, 0.6) is 0 Å². The standard InChI is InChI=1S/C29H27FN6/c1-5-18(17-36(3)4)15-19(6-2)23-11-12-25-28(33-23)29(35-34-25)26-16-21-24(32-26)13-14-31-27(21)20-9-7-8-10-22(20)30/h5-16,32H,1,17H2,2-4H3,(H,34,35)/b18-15+,19-6+. The van der Waals surface area contributed by atoms with E-state index < -0.39 is 0 Å². The van der Waals surface area contributed by atoms with Crippen LogP contribution in [0.2, 0.25) is 0 Å². The molecule has 0 aliphatic carbocycles. The Bertz CT molecular complexity index is 1640. The Morgan fingerprint density at radius 2 is 1.92 bits per heavy atom. The Kier molecular flexibility index (Phi) is 6.31. The van der Waals surface area contributed by atoms with E-state index in [0.717, 1.165) is 51.0 Å². The van der Waals surface area contributed by atoms with Crippen LogP contribution in [0.25, 0.3) is 50.2 Å². The van der Waals surface area contributed by atoms with E-state index in [-0.39, 0.29) is 5.82 Å². The molecule has 6 nitrogen and oxygen atoms in total. The van der Waals surface area contributed by atoms with Gasteiger partial charge in [0.05, 0.1) is 22.6 Å². The highest BCUT2D eigenvalue weighted by Crippen LogP contribution is 2.33. The summed E-state index contributed by atoms with van der Waals surface area (Å²) in [5, 5.41) is 8.46. The summed E-state index contributed by atoms with van der Waals surface area (Å²) in [6, 6.07) is 14.5. The zero-order valence-corrected chi connectivity index (χ0v) is 20.5. The first kappa shape index (κ1) is 23.4. The van der Waals surface area contributed by atoms with Gasteiger partial charge in [0.2, 0.25) is 0 Å². The van der Waals surface area contributed by atoms with Crippen molar-refractivity contribution in [1.29, 1.82) is 0 Å². The third-order valence-corrected chi connectivity index (χ3v) is 6.05. The smallest absolute Gasteiger partial charge is 0.135 e. The number of fused-ring (bicyclic) bond motifs is 2. The number of benzene rings is 1. The highest BCUT2D eigenvalue weighted by Gasteiger charge is 2.17. The second-order valence-electron chi connectivity index (χ2n) is 8.85. The molecule has 2 N–H and O–H groups in total. The minimum absolute atomic E-state index is 0.308. The molecule has 5 rings (SSSR count). The van der Waals surface area contributed by atoms with Crippen LogP contribution in [0, 0.1) is 5.82 Å². The maximum Gasteiger partial charge on any atom is 0.135 e. The highest BCUT2D eigenvalue weighted by molar-refractivity contribution is 5.99. The van der Waals surface area contributed by atoms with Gasteiger partial charge in [-0.05, 0) is 74.6 Å². The minimum atomic E-state index is -0.308. The summed E-state index contributed by atoms with van der Waals surface area (Å²) in [5.74, 6) is -0.308. The quantitative estimate of drug-likeness (QED) is 0.266. The topological polar surface area (TPSA) is 73.5 Å². The Morgan fingerprint density at radius 3 is 2.67 bits per heavy atom. The number of nitrogens with zero attached hydrogens (tertiary/aromatic N) is 4. The number of halogens is 1. The van der Waals surface area contributed by atoms with Crippen LogP contribution in [-0.2, 0) is 0 Å². The molecule has 0 atom stereocenters. The van der Waals surface area contributed by atoms with E-state index in [1.165, 1.54) is 6.07 Å². The number of rotatable bonds is 7. The number of nitrogens with one attached hydrogen (secondary N) is 2. The predicted molar refractivity (Wildman–Crippen MR) is 145 cm³/mol. The lowest BCUT2D eigenvalue weighted by molar-refractivity contribution is 0.449. The van der Waals surface area contributed by atoms with Crippen LogP contribution in [0.15, 0.2) is 85.1 Å². The number of likely N-dealkylation sites (N-methyl/N-ethyl adjacent to an activating group) is 1. The lowest BCUT2D eigenvalue weighted by atomic mass is 10.1. The SMILES string of the molecule is C=C/C(=C\C(=C/C)c1ccc2[nH]nc(-c3cc4c(-c5ccccc5F)nccc4[nH]3)c2n1)CN(C)C. The summed E-state index contributed by atoms with van der Waals surface area (Å²) >= 11 is 0. The van der Waals surface area contributed by atoms with E-state index in [9.17, 15) is 4.39 Å². The molecule has 0 saturated carbocycles. The number of hydrogen-bond acceptors (Lipinski definition) is 4. The molecule has 0 radical (unpaired) electrons. The zero-order valence-electron chi connectivity index (χ0n) is 20.5. The van der Waals surface area contributed by atoms with Gasteiger partial charge in [-0.2, -0.15) is 5.10 Å². The largest absolute Gasteiger partial charge is 0.353 e. The van der Waals surface area contributed by atoms with Crippen molar-refractivity contribution in [3.05, 3.63) is 96.6 Å². The van der Waals surface area contributed by atoms with Gasteiger partial charge in [-0.3, -0.25) is 10.1 Å². The summed E-state index contributed by atoms with van der Waals surface area (Å²) in [4.78, 5) is 15.0. The van der Waals surface area contributed by atoms with E-state index in [2.05, 4.69) is 37.7 Å². The fraction of sp³-hybridized carbons (Fsp3) is 0.138. The molecule has 4 aromatic heterocycles. The molecule has 0 aliphatic heterocycles. The molecule has 5 aromatic rings. The van der Waals surface area contributed by atoms with Gasteiger partial charge >= 0.3 is 0 Å². The highest BCUT2D eigenvalue weighted by atomic mass is 19.1. The van der Waals surface area contributed by atoms with Crippen molar-refractivity contribution in [2.24, 2.45) is 0 Å². The molecular weight excluding hydrogens is 451 g/mol. The molecule has 0 bridgehead atoms. The first-order valence-corrected chi connectivity index (χ1v) is 11.7. The van der Waals surface area contributed by atoms with Crippen LogP contribution < -0.4 is 0 Å². The lowest BCUT2D eigenvalue weighted by Crippen LogP contribution is -2.14. The average molecular weight is 479 g/mol. The van der Waals surface area contributed by atoms with E-state index >= 15 is 0 Å². The first-order chi connectivity index (χ1) is 17.5. The summed E-state index contributed by atoms with van der Waals surface area (Å²) in [6.07, 6.45) is 7.70. The van der Waals surface area contributed by atoms with Crippen molar-refractivity contribution in [3.63, 3.8) is 0 Å². The molecule has 0 fully saturated rings. The van der Waals surface area contributed by atoms with Crippen molar-refractivity contribution in [2.45, 2.75) is 6.92 Å². The first-order valence-electron chi connectivity index (χ1n) is 11.7. The van der Waals surface area contributed by atoms with Gasteiger partial charge in [-0.15, -0.1) is 0 Å². The third kappa shape index (κ3) is 4.36. The summed E-state index contributed by atoms with van der Waals surface area (Å²) in [7, 11) is 4.06. The second kappa shape index (κ2) is 9.71. The fourth-order valence-corrected chi connectivity index (χ4v) is 4.34. The number of aromatic amines is 2. The van der Waals surface area contributed by atoms with Crippen molar-refractivity contribution in [1.82, 2.24) is 30.0 Å². The van der Waals surface area contributed by atoms with E-state index in [4.69, 9.17) is 4.98 Å². The van der Waals surface area contributed by atoms with E-state index in [1.54, 1.807) is 18.3 Å². The number of pyridine rings is 2. The van der Waals surface area contributed by atoms with Crippen LogP contribution in [-0.4, -0.2) is 50.7 Å². The van der Waals surface area contributed by atoms with E-state index in [0.29, 0.717) is 17.0 Å². The minimum Gasteiger partial charge on any atom is -0.353 e. The molecule has 0 spiro atoms. The van der Waals surface area contributed by atoms with Gasteiger partial charge in [-0.25, -0.2) is 9.37 Å². The normalized spacial score (nSPS) is 12.7. The van der Waals surface area contributed by atoms with Crippen molar-refractivity contribution < 1.29 is 4.39 Å². The Hall–Kier alpha value is -4.36. The second-order valence-corrected chi connectivity index (χ2v) is 8.85.